The molecule has 0 radical (unpaired) electrons. The van der Waals surface area contributed by atoms with Gasteiger partial charge in [-0.3, -0.25) is 14.4 Å². The lowest BCUT2D eigenvalue weighted by atomic mass is 9.97. The van der Waals surface area contributed by atoms with Gasteiger partial charge in [-0.25, -0.2) is 9.87 Å². The van der Waals surface area contributed by atoms with Gasteiger partial charge in [-0.05, 0) is 44.0 Å². The van der Waals surface area contributed by atoms with Crippen LogP contribution in [-0.4, -0.2) is 36.4 Å². The van der Waals surface area contributed by atoms with E-state index in [-0.39, 0.29) is 23.5 Å². The summed E-state index contributed by atoms with van der Waals surface area (Å²) < 4.78 is 12.9. The molecule has 2 amide bonds. The van der Waals surface area contributed by atoms with Gasteiger partial charge >= 0.3 is 0 Å². The van der Waals surface area contributed by atoms with Crippen LogP contribution in [0.15, 0.2) is 24.3 Å². The first-order valence-electron chi connectivity index (χ1n) is 7.08. The van der Waals surface area contributed by atoms with Gasteiger partial charge in [0.05, 0.1) is 12.5 Å². The Morgan fingerprint density at radius 1 is 1.38 bits per heavy atom. The van der Waals surface area contributed by atoms with Gasteiger partial charge in [-0.15, -0.1) is 0 Å². The highest BCUT2D eigenvalue weighted by Gasteiger charge is 2.29. The topological polar surface area (TPSA) is 58.6 Å². The summed E-state index contributed by atoms with van der Waals surface area (Å²) in [5.74, 6) is -1.02. The van der Waals surface area contributed by atoms with E-state index in [4.69, 9.17) is 4.84 Å². The minimum absolute atomic E-state index is 0.177. The van der Waals surface area contributed by atoms with Crippen molar-refractivity contribution >= 4 is 11.8 Å². The number of rotatable bonds is 4. The fraction of sp³-hybridized carbons (Fsp3) is 0.467. The number of carbonyl (C=O) groups excluding carboxylic acids is 2. The van der Waals surface area contributed by atoms with E-state index in [1.54, 1.807) is 11.8 Å². The molecule has 0 bridgehead atoms. The van der Waals surface area contributed by atoms with Crippen molar-refractivity contribution < 1.29 is 18.8 Å². The summed E-state index contributed by atoms with van der Waals surface area (Å²) in [7, 11) is 0. The van der Waals surface area contributed by atoms with Crippen LogP contribution in [0, 0.1) is 11.7 Å². The molecule has 5 nitrogen and oxygen atoms in total. The van der Waals surface area contributed by atoms with E-state index in [0.717, 1.165) is 12.8 Å². The van der Waals surface area contributed by atoms with E-state index in [0.29, 0.717) is 25.3 Å². The number of likely N-dealkylation sites (tertiary alicyclic amines) is 1. The van der Waals surface area contributed by atoms with Crippen LogP contribution in [0.4, 0.5) is 4.39 Å². The standard InChI is InChI=1S/C15H19FN2O3/c1-2-21-17-14(19)12-4-3-9-18(10-12)15(20)11-5-7-13(16)8-6-11/h5-8,12H,2-4,9-10H2,1H3,(H,17,19)/t12-/m0/s1. The molecule has 0 aromatic heterocycles. The van der Waals surface area contributed by atoms with Crippen molar-refractivity contribution in [2.45, 2.75) is 19.8 Å². The second-order valence-electron chi connectivity index (χ2n) is 5.00. The Labute approximate surface area is 123 Å². The lowest BCUT2D eigenvalue weighted by Crippen LogP contribution is -2.45. The van der Waals surface area contributed by atoms with Crippen LogP contribution in [0.1, 0.15) is 30.1 Å². The van der Waals surface area contributed by atoms with Gasteiger partial charge in [0.2, 0.25) is 5.91 Å². The summed E-state index contributed by atoms with van der Waals surface area (Å²) in [6.07, 6.45) is 1.49. The number of amides is 2. The summed E-state index contributed by atoms with van der Waals surface area (Å²) in [5, 5.41) is 0. The Kier molecular flexibility index (Phi) is 5.27. The first kappa shape index (κ1) is 15.4. The number of hydrogen-bond acceptors (Lipinski definition) is 3. The van der Waals surface area contributed by atoms with E-state index in [1.165, 1.54) is 24.3 Å². The molecular formula is C15H19FN2O3. The second-order valence-corrected chi connectivity index (χ2v) is 5.00. The van der Waals surface area contributed by atoms with Crippen LogP contribution < -0.4 is 5.48 Å². The van der Waals surface area contributed by atoms with Gasteiger partial charge in [0.1, 0.15) is 5.82 Å². The second kappa shape index (κ2) is 7.17. The third kappa shape index (κ3) is 4.01. The Balaban J connectivity index is 1.98. The van der Waals surface area contributed by atoms with Crippen molar-refractivity contribution in [3.63, 3.8) is 0 Å². The van der Waals surface area contributed by atoms with Crippen LogP contribution in [-0.2, 0) is 9.63 Å². The number of nitrogens with zero attached hydrogens (tertiary/aromatic N) is 1. The van der Waals surface area contributed by atoms with E-state index in [2.05, 4.69) is 5.48 Å². The maximum absolute atomic E-state index is 12.9. The fourth-order valence-electron chi connectivity index (χ4n) is 2.38. The predicted molar refractivity (Wildman–Crippen MR) is 74.8 cm³/mol. The van der Waals surface area contributed by atoms with Crippen molar-refractivity contribution in [3.8, 4) is 0 Å². The molecule has 1 atom stereocenters. The molecule has 1 aliphatic heterocycles. The third-order valence-corrected chi connectivity index (χ3v) is 3.49. The quantitative estimate of drug-likeness (QED) is 0.861. The van der Waals surface area contributed by atoms with Gasteiger partial charge in [0.25, 0.3) is 5.91 Å². The summed E-state index contributed by atoms with van der Waals surface area (Å²) >= 11 is 0. The molecule has 0 spiro atoms. The van der Waals surface area contributed by atoms with Crippen molar-refractivity contribution in [3.05, 3.63) is 35.6 Å². The Morgan fingerprint density at radius 2 is 2.10 bits per heavy atom. The maximum Gasteiger partial charge on any atom is 0.253 e. The smallest absolute Gasteiger partial charge is 0.253 e. The lowest BCUT2D eigenvalue weighted by molar-refractivity contribution is -0.138. The van der Waals surface area contributed by atoms with Crippen molar-refractivity contribution in [2.75, 3.05) is 19.7 Å². The largest absolute Gasteiger partial charge is 0.338 e. The summed E-state index contributed by atoms with van der Waals surface area (Å²) in [6.45, 7) is 3.14. The molecule has 1 aromatic rings. The molecule has 114 valence electrons. The molecule has 0 saturated carbocycles. The zero-order valence-electron chi connectivity index (χ0n) is 12.0. The normalized spacial score (nSPS) is 18.4. The molecule has 6 heteroatoms. The number of piperidine rings is 1. The molecule has 2 rings (SSSR count). The van der Waals surface area contributed by atoms with Crippen LogP contribution in [0.2, 0.25) is 0 Å². The average molecular weight is 294 g/mol. The molecule has 21 heavy (non-hydrogen) atoms. The minimum Gasteiger partial charge on any atom is -0.338 e. The SMILES string of the molecule is CCONC(=O)[C@H]1CCCN(C(=O)c2ccc(F)cc2)C1. The molecule has 0 aliphatic carbocycles. The number of hydroxylamine groups is 1. The molecule has 1 heterocycles. The molecule has 1 saturated heterocycles. The minimum atomic E-state index is -0.376. The van der Waals surface area contributed by atoms with Crippen molar-refractivity contribution in [1.82, 2.24) is 10.4 Å². The first-order chi connectivity index (χ1) is 10.1. The molecule has 1 aromatic carbocycles. The van der Waals surface area contributed by atoms with Crippen LogP contribution in [0.5, 0.6) is 0 Å². The van der Waals surface area contributed by atoms with Gasteiger partial charge < -0.3 is 4.90 Å². The number of nitrogens with one attached hydrogen (secondary N) is 1. The number of carbonyl (C=O) groups is 2. The molecule has 1 N–H and O–H groups in total. The summed E-state index contributed by atoms with van der Waals surface area (Å²) in [6, 6.07) is 5.44. The van der Waals surface area contributed by atoms with E-state index in [9.17, 15) is 14.0 Å². The first-order valence-corrected chi connectivity index (χ1v) is 7.08. The highest BCUT2D eigenvalue weighted by atomic mass is 19.1. The molecule has 1 aliphatic rings. The maximum atomic E-state index is 12.9. The van der Waals surface area contributed by atoms with E-state index < -0.39 is 0 Å². The number of halogens is 1. The van der Waals surface area contributed by atoms with E-state index >= 15 is 0 Å². The van der Waals surface area contributed by atoms with Gasteiger partial charge in [0.15, 0.2) is 0 Å². The highest BCUT2D eigenvalue weighted by Crippen LogP contribution is 2.19. The Bertz CT molecular complexity index is 504. The van der Waals surface area contributed by atoms with E-state index in [1.807, 2.05) is 0 Å². The van der Waals surface area contributed by atoms with Gasteiger partial charge in [0, 0.05) is 18.7 Å². The van der Waals surface area contributed by atoms with Crippen LogP contribution in [0.25, 0.3) is 0 Å². The monoisotopic (exact) mass is 294 g/mol. The van der Waals surface area contributed by atoms with Crippen molar-refractivity contribution in [2.24, 2.45) is 5.92 Å². The van der Waals surface area contributed by atoms with Gasteiger partial charge in [-0.2, -0.15) is 0 Å². The third-order valence-electron chi connectivity index (χ3n) is 3.49. The molecule has 0 unspecified atom stereocenters. The highest BCUT2D eigenvalue weighted by molar-refractivity contribution is 5.94. The van der Waals surface area contributed by atoms with Crippen molar-refractivity contribution in [1.29, 1.82) is 0 Å². The van der Waals surface area contributed by atoms with Gasteiger partial charge in [-0.1, -0.05) is 0 Å². The molecule has 1 fully saturated rings. The zero-order valence-corrected chi connectivity index (χ0v) is 12.0. The fourth-order valence-corrected chi connectivity index (χ4v) is 2.38. The number of benzene rings is 1. The zero-order chi connectivity index (χ0) is 15.2. The Morgan fingerprint density at radius 3 is 2.76 bits per heavy atom. The average Bonchev–Trinajstić information content (AvgIpc) is 2.52. The summed E-state index contributed by atoms with van der Waals surface area (Å²) in [5.41, 5.74) is 2.81. The predicted octanol–water partition coefficient (Wildman–Crippen LogP) is 1.75. The Hall–Kier alpha value is -1.95. The molecular weight excluding hydrogens is 275 g/mol. The van der Waals surface area contributed by atoms with Crippen LogP contribution >= 0.6 is 0 Å². The number of hydrogen-bond donors (Lipinski definition) is 1. The van der Waals surface area contributed by atoms with Crippen LogP contribution in [0.3, 0.4) is 0 Å². The summed E-state index contributed by atoms with van der Waals surface area (Å²) in [4.78, 5) is 30.7. The lowest BCUT2D eigenvalue weighted by Gasteiger charge is -2.32.